The van der Waals surface area contributed by atoms with Crippen molar-refractivity contribution in [1.82, 2.24) is 15.3 Å². The summed E-state index contributed by atoms with van der Waals surface area (Å²) in [6.45, 7) is 4.31. The van der Waals surface area contributed by atoms with Crippen molar-refractivity contribution in [2.24, 2.45) is 0 Å². The van der Waals surface area contributed by atoms with E-state index in [4.69, 9.17) is 4.74 Å². The van der Waals surface area contributed by atoms with E-state index in [9.17, 15) is 13.2 Å². The molecule has 1 N–H and O–H groups in total. The lowest BCUT2D eigenvalue weighted by molar-refractivity contribution is -0.142. The Morgan fingerprint density at radius 2 is 2.00 bits per heavy atom. The minimum Gasteiger partial charge on any atom is -0.371 e. The monoisotopic (exact) mass is 289 g/mol. The fraction of sp³-hybridized carbons (Fsp3) is 0.692. The number of alkyl halides is 3. The predicted molar refractivity (Wildman–Crippen MR) is 67.1 cm³/mol. The van der Waals surface area contributed by atoms with E-state index in [1.165, 1.54) is 7.11 Å². The summed E-state index contributed by atoms with van der Waals surface area (Å²) in [5.41, 5.74) is -1.12. The normalized spacial score (nSPS) is 18.5. The Hall–Kier alpha value is -1.21. The lowest BCUT2D eigenvalue weighted by atomic mass is 9.99. The zero-order valence-corrected chi connectivity index (χ0v) is 11.8. The van der Waals surface area contributed by atoms with Crippen LogP contribution in [-0.2, 0) is 29.5 Å². The van der Waals surface area contributed by atoms with Crippen LogP contribution in [-0.4, -0.2) is 23.6 Å². The Morgan fingerprint density at radius 3 is 2.55 bits per heavy atom. The lowest BCUT2D eigenvalue weighted by Crippen LogP contribution is -2.33. The van der Waals surface area contributed by atoms with Crippen molar-refractivity contribution in [3.05, 3.63) is 22.8 Å². The van der Waals surface area contributed by atoms with E-state index >= 15 is 0 Å². The molecule has 0 saturated carbocycles. The molecule has 1 atom stereocenters. The number of nitrogens with zero attached hydrogens (tertiary/aromatic N) is 2. The van der Waals surface area contributed by atoms with Gasteiger partial charge in [0.05, 0.1) is 5.69 Å². The maximum absolute atomic E-state index is 13.2. The van der Waals surface area contributed by atoms with E-state index < -0.39 is 17.5 Å². The number of nitrogens with one attached hydrogen (secondary N) is 1. The topological polar surface area (TPSA) is 47.0 Å². The van der Waals surface area contributed by atoms with Crippen LogP contribution in [0.4, 0.5) is 13.2 Å². The van der Waals surface area contributed by atoms with E-state index in [1.54, 1.807) is 6.92 Å². The number of aromatic nitrogens is 2. The van der Waals surface area contributed by atoms with Gasteiger partial charge in [0.2, 0.25) is 0 Å². The lowest BCUT2D eigenvalue weighted by Gasteiger charge is -2.28. The molecule has 112 valence electrons. The van der Waals surface area contributed by atoms with E-state index in [0.29, 0.717) is 25.1 Å². The zero-order chi connectivity index (χ0) is 15.0. The van der Waals surface area contributed by atoms with Crippen LogP contribution in [0.2, 0.25) is 0 Å². The quantitative estimate of drug-likeness (QED) is 0.928. The third-order valence-electron chi connectivity index (χ3n) is 3.80. The fourth-order valence-electron chi connectivity index (χ4n) is 2.21. The Labute approximate surface area is 115 Å². The average molecular weight is 289 g/mol. The van der Waals surface area contributed by atoms with Gasteiger partial charge in [-0.3, -0.25) is 0 Å². The number of fused-ring (bicyclic) bond motifs is 1. The van der Waals surface area contributed by atoms with Gasteiger partial charge in [-0.2, -0.15) is 13.2 Å². The summed E-state index contributed by atoms with van der Waals surface area (Å²) >= 11 is 0. The molecular weight excluding hydrogens is 271 g/mol. The number of halogens is 3. The highest BCUT2D eigenvalue weighted by Crippen LogP contribution is 2.35. The first-order valence-corrected chi connectivity index (χ1v) is 6.55. The number of hydrogen-bond acceptors (Lipinski definition) is 4. The van der Waals surface area contributed by atoms with Crippen molar-refractivity contribution in [3.8, 4) is 0 Å². The Balaban J connectivity index is 2.62. The SMILES string of the molecule is CCC(C)(OC)c1nc2c(c(C(F)(F)F)n1)CNCC2. The van der Waals surface area contributed by atoms with Crippen LogP contribution in [0.5, 0.6) is 0 Å². The molecule has 0 saturated heterocycles. The van der Waals surface area contributed by atoms with Crippen LogP contribution in [0.3, 0.4) is 0 Å². The highest BCUT2D eigenvalue weighted by molar-refractivity contribution is 5.31. The number of rotatable bonds is 3. The van der Waals surface area contributed by atoms with Crippen LogP contribution >= 0.6 is 0 Å². The molecule has 2 rings (SSSR count). The van der Waals surface area contributed by atoms with Crippen molar-refractivity contribution >= 4 is 0 Å². The first-order chi connectivity index (χ1) is 9.31. The second kappa shape index (κ2) is 5.29. The van der Waals surface area contributed by atoms with Gasteiger partial charge in [-0.05, 0) is 13.3 Å². The Kier molecular flexibility index (Phi) is 4.02. The third kappa shape index (κ3) is 2.64. The second-order valence-corrected chi connectivity index (χ2v) is 5.03. The van der Waals surface area contributed by atoms with Gasteiger partial charge >= 0.3 is 6.18 Å². The van der Waals surface area contributed by atoms with E-state index in [2.05, 4.69) is 15.3 Å². The maximum Gasteiger partial charge on any atom is 0.433 e. The molecule has 1 aliphatic heterocycles. The Bertz CT molecular complexity index is 498. The molecule has 0 fully saturated rings. The highest BCUT2D eigenvalue weighted by Gasteiger charge is 2.40. The second-order valence-electron chi connectivity index (χ2n) is 5.03. The van der Waals surface area contributed by atoms with Gasteiger partial charge in [0, 0.05) is 32.2 Å². The van der Waals surface area contributed by atoms with Gasteiger partial charge in [0.25, 0.3) is 0 Å². The van der Waals surface area contributed by atoms with Crippen LogP contribution in [0.25, 0.3) is 0 Å². The van der Waals surface area contributed by atoms with Gasteiger partial charge in [-0.1, -0.05) is 6.92 Å². The molecule has 1 aromatic heterocycles. The molecule has 7 heteroatoms. The summed E-state index contributed by atoms with van der Waals surface area (Å²) in [5.74, 6) is 0.107. The largest absolute Gasteiger partial charge is 0.433 e. The van der Waals surface area contributed by atoms with Crippen LogP contribution in [0, 0.1) is 0 Å². The fourth-order valence-corrected chi connectivity index (χ4v) is 2.21. The molecule has 2 heterocycles. The highest BCUT2D eigenvalue weighted by atomic mass is 19.4. The molecule has 0 amide bonds. The molecule has 0 bridgehead atoms. The van der Waals surface area contributed by atoms with Crippen molar-refractivity contribution in [1.29, 1.82) is 0 Å². The first-order valence-electron chi connectivity index (χ1n) is 6.55. The molecule has 1 aromatic rings. The van der Waals surface area contributed by atoms with Crippen molar-refractivity contribution < 1.29 is 17.9 Å². The molecule has 4 nitrogen and oxygen atoms in total. The van der Waals surface area contributed by atoms with Crippen LogP contribution in [0.15, 0.2) is 0 Å². The van der Waals surface area contributed by atoms with E-state index in [-0.39, 0.29) is 17.9 Å². The molecule has 20 heavy (non-hydrogen) atoms. The van der Waals surface area contributed by atoms with Gasteiger partial charge in [0.1, 0.15) is 5.60 Å². The average Bonchev–Trinajstić information content (AvgIpc) is 2.44. The first kappa shape index (κ1) is 15.2. The minimum absolute atomic E-state index is 0.107. The summed E-state index contributed by atoms with van der Waals surface area (Å²) < 4.78 is 44.9. The Morgan fingerprint density at radius 1 is 1.30 bits per heavy atom. The van der Waals surface area contributed by atoms with E-state index in [0.717, 1.165) is 0 Å². The molecule has 1 unspecified atom stereocenters. The number of ether oxygens (including phenoxy) is 1. The predicted octanol–water partition coefficient (Wildman–Crippen LogP) is 2.41. The minimum atomic E-state index is -4.48. The van der Waals surface area contributed by atoms with Crippen LogP contribution < -0.4 is 5.32 Å². The molecule has 1 aliphatic rings. The van der Waals surface area contributed by atoms with Crippen molar-refractivity contribution in [2.75, 3.05) is 13.7 Å². The zero-order valence-electron chi connectivity index (χ0n) is 11.8. The van der Waals surface area contributed by atoms with Gasteiger partial charge < -0.3 is 10.1 Å². The van der Waals surface area contributed by atoms with E-state index in [1.807, 2.05) is 6.92 Å². The maximum atomic E-state index is 13.2. The van der Waals surface area contributed by atoms with Crippen LogP contribution in [0.1, 0.15) is 43.0 Å². The molecule has 0 radical (unpaired) electrons. The third-order valence-corrected chi connectivity index (χ3v) is 3.80. The van der Waals surface area contributed by atoms with Gasteiger partial charge in [0.15, 0.2) is 11.5 Å². The number of hydrogen-bond donors (Lipinski definition) is 1. The summed E-state index contributed by atoms with van der Waals surface area (Å²) in [6.07, 6.45) is -3.52. The summed E-state index contributed by atoms with van der Waals surface area (Å²) in [7, 11) is 1.46. The van der Waals surface area contributed by atoms with Crippen molar-refractivity contribution in [2.45, 2.75) is 45.0 Å². The smallest absolute Gasteiger partial charge is 0.371 e. The molecule has 0 spiro atoms. The number of methoxy groups -OCH3 is 1. The van der Waals surface area contributed by atoms with Gasteiger partial charge in [-0.25, -0.2) is 9.97 Å². The molecular formula is C13H18F3N3O. The summed E-state index contributed by atoms with van der Waals surface area (Å²) in [4.78, 5) is 8.10. The summed E-state index contributed by atoms with van der Waals surface area (Å²) in [5, 5.41) is 2.93. The molecule has 0 aliphatic carbocycles. The summed E-state index contributed by atoms with van der Waals surface area (Å²) in [6, 6.07) is 0. The standard InChI is InChI=1S/C13H18F3N3O/c1-4-12(2,20-3)11-18-9-5-6-17-7-8(9)10(19-11)13(14,15)16/h17H,4-7H2,1-3H3. The van der Waals surface area contributed by atoms with Crippen molar-refractivity contribution in [3.63, 3.8) is 0 Å². The van der Waals surface area contributed by atoms with Gasteiger partial charge in [-0.15, -0.1) is 0 Å². The molecule has 0 aromatic carbocycles.